The Hall–Kier alpha value is -3.35. The molecule has 2 aromatic carbocycles. The normalized spacial score (nSPS) is 11.0. The standard InChI is InChI=1S/C18H14FN5O/c1-12-16(21-23-24(12)11-13-6-3-2-4-7-13)17-20-18(25-22-17)14-8-5-9-15(19)10-14/h2-10H,11H2,1H3. The molecule has 0 amide bonds. The van der Waals surface area contributed by atoms with E-state index in [-0.39, 0.29) is 11.7 Å². The molecule has 0 atom stereocenters. The number of benzene rings is 2. The second-order valence-electron chi connectivity index (χ2n) is 5.60. The SMILES string of the molecule is Cc1c(-c2noc(-c3cccc(F)c3)n2)nnn1Cc1ccccc1. The van der Waals surface area contributed by atoms with Gasteiger partial charge < -0.3 is 4.52 Å². The van der Waals surface area contributed by atoms with E-state index in [1.54, 1.807) is 16.8 Å². The van der Waals surface area contributed by atoms with Crippen molar-refractivity contribution in [1.82, 2.24) is 25.1 Å². The zero-order chi connectivity index (χ0) is 17.2. The van der Waals surface area contributed by atoms with Gasteiger partial charge in [0.05, 0.1) is 12.2 Å². The zero-order valence-corrected chi connectivity index (χ0v) is 13.4. The van der Waals surface area contributed by atoms with Crippen molar-refractivity contribution < 1.29 is 8.91 Å². The van der Waals surface area contributed by atoms with Gasteiger partial charge in [-0.2, -0.15) is 4.98 Å². The van der Waals surface area contributed by atoms with Crippen LogP contribution < -0.4 is 0 Å². The van der Waals surface area contributed by atoms with Gasteiger partial charge in [-0.1, -0.05) is 46.8 Å². The Bertz CT molecular complexity index is 1010. The molecule has 0 fully saturated rings. The molecule has 4 rings (SSSR count). The van der Waals surface area contributed by atoms with Gasteiger partial charge in [-0.05, 0) is 30.7 Å². The largest absolute Gasteiger partial charge is 0.334 e. The molecule has 2 heterocycles. The number of hydrogen-bond acceptors (Lipinski definition) is 5. The summed E-state index contributed by atoms with van der Waals surface area (Å²) in [5.74, 6) is 0.213. The molecule has 0 bridgehead atoms. The van der Waals surface area contributed by atoms with Crippen LogP contribution in [0.25, 0.3) is 23.0 Å². The zero-order valence-electron chi connectivity index (χ0n) is 13.4. The van der Waals surface area contributed by atoms with Crippen molar-refractivity contribution in [3.8, 4) is 23.0 Å². The maximum Gasteiger partial charge on any atom is 0.258 e. The summed E-state index contributed by atoms with van der Waals surface area (Å²) < 4.78 is 20.4. The summed E-state index contributed by atoms with van der Waals surface area (Å²) in [4.78, 5) is 4.31. The van der Waals surface area contributed by atoms with Gasteiger partial charge in [0.25, 0.3) is 5.89 Å². The summed E-state index contributed by atoms with van der Waals surface area (Å²) in [6.45, 7) is 2.50. The van der Waals surface area contributed by atoms with E-state index in [2.05, 4.69) is 20.5 Å². The van der Waals surface area contributed by atoms with Crippen molar-refractivity contribution in [2.75, 3.05) is 0 Å². The average molecular weight is 335 g/mol. The van der Waals surface area contributed by atoms with Crippen LogP contribution >= 0.6 is 0 Å². The quantitative estimate of drug-likeness (QED) is 0.571. The van der Waals surface area contributed by atoms with Crippen LogP contribution in [-0.4, -0.2) is 25.1 Å². The highest BCUT2D eigenvalue weighted by Crippen LogP contribution is 2.23. The minimum atomic E-state index is -0.359. The summed E-state index contributed by atoms with van der Waals surface area (Å²) in [6.07, 6.45) is 0. The van der Waals surface area contributed by atoms with Crippen LogP contribution in [0.3, 0.4) is 0 Å². The smallest absolute Gasteiger partial charge is 0.258 e. The van der Waals surface area contributed by atoms with Crippen molar-refractivity contribution >= 4 is 0 Å². The first kappa shape index (κ1) is 15.2. The lowest BCUT2D eigenvalue weighted by atomic mass is 10.2. The fraction of sp³-hybridized carbons (Fsp3) is 0.111. The van der Waals surface area contributed by atoms with Gasteiger partial charge in [0, 0.05) is 5.56 Å². The first-order chi connectivity index (χ1) is 12.2. The summed E-state index contributed by atoms with van der Waals surface area (Å²) in [5.41, 5.74) is 3.02. The molecule has 4 aromatic rings. The van der Waals surface area contributed by atoms with Crippen LogP contribution in [0.4, 0.5) is 4.39 Å². The molecule has 0 aliphatic carbocycles. The monoisotopic (exact) mass is 335 g/mol. The first-order valence-electron chi connectivity index (χ1n) is 7.75. The van der Waals surface area contributed by atoms with E-state index in [0.717, 1.165) is 11.3 Å². The third kappa shape index (κ3) is 3.03. The molecule has 0 saturated carbocycles. The predicted octanol–water partition coefficient (Wildman–Crippen LogP) is 3.49. The molecule has 7 heteroatoms. The van der Waals surface area contributed by atoms with Gasteiger partial charge in [0.1, 0.15) is 5.82 Å². The fourth-order valence-corrected chi connectivity index (χ4v) is 2.53. The number of halogens is 1. The highest BCUT2D eigenvalue weighted by atomic mass is 19.1. The van der Waals surface area contributed by atoms with Gasteiger partial charge in [-0.3, -0.25) is 0 Å². The van der Waals surface area contributed by atoms with Gasteiger partial charge in [-0.15, -0.1) is 5.10 Å². The summed E-state index contributed by atoms with van der Waals surface area (Å²) in [5, 5.41) is 12.3. The van der Waals surface area contributed by atoms with E-state index in [1.165, 1.54) is 12.1 Å². The van der Waals surface area contributed by atoms with E-state index in [1.807, 2.05) is 37.3 Å². The maximum absolute atomic E-state index is 13.3. The second kappa shape index (κ2) is 6.27. The number of nitrogens with zero attached hydrogens (tertiary/aromatic N) is 5. The Kier molecular flexibility index (Phi) is 3.81. The lowest BCUT2D eigenvalue weighted by Gasteiger charge is -2.02. The molecule has 0 saturated heterocycles. The molecule has 0 spiro atoms. The third-order valence-corrected chi connectivity index (χ3v) is 3.87. The van der Waals surface area contributed by atoms with Gasteiger partial charge in [-0.25, -0.2) is 9.07 Å². The van der Waals surface area contributed by atoms with E-state index >= 15 is 0 Å². The maximum atomic E-state index is 13.3. The van der Waals surface area contributed by atoms with Crippen molar-refractivity contribution in [2.24, 2.45) is 0 Å². The van der Waals surface area contributed by atoms with E-state index in [9.17, 15) is 4.39 Å². The molecule has 0 aliphatic rings. The molecular formula is C18H14FN5O. The minimum Gasteiger partial charge on any atom is -0.334 e. The topological polar surface area (TPSA) is 69.6 Å². The molecule has 0 N–H and O–H groups in total. The first-order valence-corrected chi connectivity index (χ1v) is 7.75. The second-order valence-corrected chi connectivity index (χ2v) is 5.60. The Morgan fingerprint density at radius 1 is 1.08 bits per heavy atom. The highest BCUT2D eigenvalue weighted by molar-refractivity contribution is 5.58. The van der Waals surface area contributed by atoms with E-state index < -0.39 is 0 Å². The van der Waals surface area contributed by atoms with Crippen molar-refractivity contribution in [2.45, 2.75) is 13.5 Å². The van der Waals surface area contributed by atoms with Gasteiger partial charge in [0.15, 0.2) is 5.69 Å². The molecule has 0 aliphatic heterocycles. The third-order valence-electron chi connectivity index (χ3n) is 3.87. The van der Waals surface area contributed by atoms with Crippen molar-refractivity contribution in [3.63, 3.8) is 0 Å². The summed E-state index contributed by atoms with van der Waals surface area (Å²) >= 11 is 0. The average Bonchev–Trinajstić information content (AvgIpc) is 3.24. The van der Waals surface area contributed by atoms with Crippen LogP contribution in [0.5, 0.6) is 0 Å². The summed E-state index contributed by atoms with van der Waals surface area (Å²) in [7, 11) is 0. The van der Waals surface area contributed by atoms with Crippen LogP contribution in [0, 0.1) is 12.7 Å². The molecule has 2 aromatic heterocycles. The molecule has 25 heavy (non-hydrogen) atoms. The molecule has 0 radical (unpaired) electrons. The summed E-state index contributed by atoms with van der Waals surface area (Å²) in [6, 6.07) is 16.0. The van der Waals surface area contributed by atoms with Crippen LogP contribution in [0.15, 0.2) is 59.1 Å². The van der Waals surface area contributed by atoms with Gasteiger partial charge in [0.2, 0.25) is 5.82 Å². The van der Waals surface area contributed by atoms with Crippen LogP contribution in [0.2, 0.25) is 0 Å². The van der Waals surface area contributed by atoms with Crippen molar-refractivity contribution in [1.29, 1.82) is 0 Å². The minimum absolute atomic E-state index is 0.242. The number of rotatable bonds is 4. The Labute approximate surface area is 142 Å². The highest BCUT2D eigenvalue weighted by Gasteiger charge is 2.18. The lowest BCUT2D eigenvalue weighted by Crippen LogP contribution is -2.03. The Balaban J connectivity index is 1.63. The van der Waals surface area contributed by atoms with Crippen LogP contribution in [0.1, 0.15) is 11.3 Å². The molecular weight excluding hydrogens is 321 g/mol. The Morgan fingerprint density at radius 2 is 1.92 bits per heavy atom. The molecule has 6 nitrogen and oxygen atoms in total. The van der Waals surface area contributed by atoms with Gasteiger partial charge >= 0.3 is 0 Å². The number of hydrogen-bond donors (Lipinski definition) is 0. The lowest BCUT2D eigenvalue weighted by molar-refractivity contribution is 0.431. The molecule has 0 unspecified atom stereocenters. The van der Waals surface area contributed by atoms with E-state index in [4.69, 9.17) is 4.52 Å². The van der Waals surface area contributed by atoms with Crippen LogP contribution in [-0.2, 0) is 6.54 Å². The van der Waals surface area contributed by atoms with Crippen molar-refractivity contribution in [3.05, 3.63) is 71.7 Å². The number of aromatic nitrogens is 5. The fourth-order valence-electron chi connectivity index (χ4n) is 2.53. The predicted molar refractivity (Wildman–Crippen MR) is 89.0 cm³/mol. The molecule has 124 valence electrons. The van der Waals surface area contributed by atoms with E-state index in [0.29, 0.717) is 23.6 Å². The Morgan fingerprint density at radius 3 is 2.72 bits per heavy atom.